The summed E-state index contributed by atoms with van der Waals surface area (Å²) in [7, 11) is 3.16. The fraction of sp³-hybridized carbons (Fsp3) is 0.125. The number of thiazole rings is 1. The van der Waals surface area contributed by atoms with E-state index in [1.165, 1.54) is 29.4 Å². The summed E-state index contributed by atoms with van der Waals surface area (Å²) in [4.78, 5) is 29.8. The van der Waals surface area contributed by atoms with Gasteiger partial charge in [-0.25, -0.2) is 4.98 Å². The van der Waals surface area contributed by atoms with E-state index < -0.39 is 0 Å². The summed E-state index contributed by atoms with van der Waals surface area (Å²) < 4.78 is 15.7. The van der Waals surface area contributed by atoms with Gasteiger partial charge in [-0.15, -0.1) is 23.1 Å². The third kappa shape index (κ3) is 5.77. The van der Waals surface area contributed by atoms with Gasteiger partial charge in [0.05, 0.1) is 31.9 Å². The van der Waals surface area contributed by atoms with Crippen molar-refractivity contribution in [3.8, 4) is 22.8 Å². The normalized spacial score (nSPS) is 10.5. The molecule has 2 aromatic carbocycles. The van der Waals surface area contributed by atoms with Gasteiger partial charge >= 0.3 is 0 Å². The van der Waals surface area contributed by atoms with E-state index in [2.05, 4.69) is 15.6 Å². The third-order valence-electron chi connectivity index (χ3n) is 4.66. The number of hydrogen-bond acceptors (Lipinski definition) is 8. The van der Waals surface area contributed by atoms with E-state index in [9.17, 15) is 9.59 Å². The first-order chi connectivity index (χ1) is 16.6. The van der Waals surface area contributed by atoms with Gasteiger partial charge in [-0.2, -0.15) is 0 Å². The minimum Gasteiger partial charge on any atom is -0.493 e. The number of furan rings is 1. The van der Waals surface area contributed by atoms with Crippen molar-refractivity contribution in [2.24, 2.45) is 0 Å². The van der Waals surface area contributed by atoms with Gasteiger partial charge in [-0.05, 0) is 54.6 Å². The number of aromatic nitrogens is 1. The van der Waals surface area contributed by atoms with Crippen molar-refractivity contribution in [3.05, 3.63) is 72.0 Å². The van der Waals surface area contributed by atoms with Crippen LogP contribution in [-0.4, -0.2) is 36.8 Å². The summed E-state index contributed by atoms with van der Waals surface area (Å²) in [5.74, 6) is 1.24. The van der Waals surface area contributed by atoms with Crippen LogP contribution in [0.3, 0.4) is 0 Å². The van der Waals surface area contributed by atoms with E-state index in [4.69, 9.17) is 13.9 Å². The highest BCUT2D eigenvalue weighted by Gasteiger charge is 2.12. The lowest BCUT2D eigenvalue weighted by molar-refractivity contribution is -0.113. The summed E-state index contributed by atoms with van der Waals surface area (Å²) >= 11 is 2.74. The molecule has 8 nitrogen and oxygen atoms in total. The van der Waals surface area contributed by atoms with Crippen molar-refractivity contribution in [2.75, 3.05) is 30.6 Å². The van der Waals surface area contributed by atoms with Crippen LogP contribution in [0, 0.1) is 0 Å². The predicted molar refractivity (Wildman–Crippen MR) is 133 cm³/mol. The van der Waals surface area contributed by atoms with Crippen molar-refractivity contribution < 1.29 is 23.5 Å². The molecule has 0 saturated heterocycles. The maximum atomic E-state index is 12.4. The molecule has 0 aliphatic rings. The van der Waals surface area contributed by atoms with Crippen LogP contribution in [0.1, 0.15) is 10.6 Å². The number of amides is 2. The lowest BCUT2D eigenvalue weighted by atomic mass is 10.1. The fourth-order valence-corrected chi connectivity index (χ4v) is 4.43. The van der Waals surface area contributed by atoms with Gasteiger partial charge < -0.3 is 24.5 Å². The number of nitrogens with zero attached hydrogens (tertiary/aromatic N) is 1. The predicted octanol–water partition coefficient (Wildman–Crippen LogP) is 5.40. The second-order valence-corrected chi connectivity index (χ2v) is 8.81. The van der Waals surface area contributed by atoms with E-state index in [0.29, 0.717) is 22.3 Å². The average molecular weight is 496 g/mol. The summed E-state index contributed by atoms with van der Waals surface area (Å²) in [6.07, 6.45) is 1.45. The number of anilines is 2. The van der Waals surface area contributed by atoms with Crippen LogP contribution in [0.4, 0.5) is 10.8 Å². The molecule has 0 fully saturated rings. The maximum Gasteiger partial charge on any atom is 0.291 e. The third-order valence-corrected chi connectivity index (χ3v) is 6.43. The number of carbonyl (C=O) groups excluding carboxylic acids is 2. The molecule has 0 unspecified atom stereocenters. The van der Waals surface area contributed by atoms with Gasteiger partial charge in [-0.1, -0.05) is 0 Å². The zero-order chi connectivity index (χ0) is 23.9. The molecule has 2 heterocycles. The number of carbonyl (C=O) groups is 2. The smallest absolute Gasteiger partial charge is 0.291 e. The van der Waals surface area contributed by atoms with Crippen molar-refractivity contribution in [2.45, 2.75) is 4.90 Å². The number of nitrogens with one attached hydrogen (secondary N) is 2. The molecule has 0 spiro atoms. The Labute approximate surface area is 204 Å². The lowest BCUT2D eigenvalue weighted by Crippen LogP contribution is -2.13. The molecular weight excluding hydrogens is 474 g/mol. The Hall–Kier alpha value is -3.76. The Bertz CT molecular complexity index is 1270. The van der Waals surface area contributed by atoms with Crippen molar-refractivity contribution >= 4 is 45.7 Å². The molecule has 2 N–H and O–H groups in total. The standard InChI is InChI=1S/C24H21N3O5S2/c1-30-19-10-5-15(12-21(19)31-2)18-13-34-24(26-18)27-22(28)14-33-17-8-6-16(7-9-17)25-23(29)20-4-3-11-32-20/h3-13H,14H2,1-2H3,(H,25,29)(H,26,27,28). The molecule has 0 atom stereocenters. The van der Waals surface area contributed by atoms with Crippen LogP contribution in [0.15, 0.2) is 75.6 Å². The summed E-state index contributed by atoms with van der Waals surface area (Å²) in [6, 6.07) is 16.0. The number of ether oxygens (including phenoxy) is 2. The molecular formula is C24H21N3O5S2. The number of benzene rings is 2. The molecule has 4 aromatic rings. The first-order valence-electron chi connectivity index (χ1n) is 10.1. The minimum atomic E-state index is -0.319. The van der Waals surface area contributed by atoms with Crippen LogP contribution in [0.5, 0.6) is 11.5 Å². The second-order valence-electron chi connectivity index (χ2n) is 6.90. The Morgan fingerprint density at radius 3 is 2.53 bits per heavy atom. The highest BCUT2D eigenvalue weighted by molar-refractivity contribution is 8.00. The van der Waals surface area contributed by atoms with Gasteiger partial charge in [0.1, 0.15) is 0 Å². The number of thioether (sulfide) groups is 1. The summed E-state index contributed by atoms with van der Waals surface area (Å²) in [5, 5.41) is 7.98. The first kappa shape index (κ1) is 23.4. The van der Waals surface area contributed by atoms with E-state index in [-0.39, 0.29) is 23.3 Å². The maximum absolute atomic E-state index is 12.4. The highest BCUT2D eigenvalue weighted by atomic mass is 32.2. The molecule has 0 saturated carbocycles. The van der Waals surface area contributed by atoms with E-state index in [0.717, 1.165) is 16.2 Å². The van der Waals surface area contributed by atoms with Crippen molar-refractivity contribution in [1.29, 1.82) is 0 Å². The second kappa shape index (κ2) is 10.9. The molecule has 2 aromatic heterocycles. The Balaban J connectivity index is 1.29. The van der Waals surface area contributed by atoms with Crippen LogP contribution in [-0.2, 0) is 4.79 Å². The van der Waals surface area contributed by atoms with Gasteiger partial charge in [0.2, 0.25) is 5.91 Å². The molecule has 0 aliphatic heterocycles. The highest BCUT2D eigenvalue weighted by Crippen LogP contribution is 2.33. The lowest BCUT2D eigenvalue weighted by Gasteiger charge is -2.08. The monoisotopic (exact) mass is 495 g/mol. The van der Waals surface area contributed by atoms with Crippen LogP contribution < -0.4 is 20.1 Å². The molecule has 0 aliphatic carbocycles. The number of hydrogen-bond donors (Lipinski definition) is 2. The molecule has 174 valence electrons. The van der Waals surface area contributed by atoms with Gasteiger partial charge in [-0.3, -0.25) is 9.59 Å². The van der Waals surface area contributed by atoms with Crippen molar-refractivity contribution in [1.82, 2.24) is 4.98 Å². The molecule has 2 amide bonds. The minimum absolute atomic E-state index is 0.159. The van der Waals surface area contributed by atoms with Gasteiger partial charge in [0.15, 0.2) is 22.4 Å². The van der Waals surface area contributed by atoms with Gasteiger partial charge in [0, 0.05) is 21.5 Å². The SMILES string of the molecule is COc1ccc(-c2csc(NC(=O)CSc3ccc(NC(=O)c4ccco4)cc3)n2)cc1OC. The largest absolute Gasteiger partial charge is 0.493 e. The molecule has 0 bridgehead atoms. The molecule has 34 heavy (non-hydrogen) atoms. The Morgan fingerprint density at radius 2 is 1.82 bits per heavy atom. The van der Waals surface area contributed by atoms with Crippen LogP contribution in [0.25, 0.3) is 11.3 Å². The zero-order valence-electron chi connectivity index (χ0n) is 18.4. The molecule has 0 radical (unpaired) electrons. The van der Waals surface area contributed by atoms with Crippen LogP contribution >= 0.6 is 23.1 Å². The first-order valence-corrected chi connectivity index (χ1v) is 12.0. The van der Waals surface area contributed by atoms with E-state index >= 15 is 0 Å². The molecule has 10 heteroatoms. The van der Waals surface area contributed by atoms with E-state index in [1.807, 2.05) is 35.7 Å². The fourth-order valence-electron chi connectivity index (χ4n) is 3.00. The average Bonchev–Trinajstić information content (AvgIpc) is 3.56. The Morgan fingerprint density at radius 1 is 1.03 bits per heavy atom. The number of methoxy groups -OCH3 is 2. The van der Waals surface area contributed by atoms with Gasteiger partial charge in [0.25, 0.3) is 5.91 Å². The quantitative estimate of drug-likeness (QED) is 0.300. The van der Waals surface area contributed by atoms with Crippen LogP contribution in [0.2, 0.25) is 0 Å². The summed E-state index contributed by atoms with van der Waals surface area (Å²) in [6.45, 7) is 0. The number of rotatable bonds is 9. The van der Waals surface area contributed by atoms with E-state index in [1.54, 1.807) is 38.5 Å². The zero-order valence-corrected chi connectivity index (χ0v) is 20.0. The Kier molecular flexibility index (Phi) is 7.51. The summed E-state index contributed by atoms with van der Waals surface area (Å²) in [5.41, 5.74) is 2.24. The van der Waals surface area contributed by atoms with Crippen molar-refractivity contribution in [3.63, 3.8) is 0 Å². The topological polar surface area (TPSA) is 103 Å². The molecule has 4 rings (SSSR count).